The van der Waals surface area contributed by atoms with Crippen LogP contribution < -0.4 is 0 Å². The summed E-state index contributed by atoms with van der Waals surface area (Å²) in [5, 5.41) is 0. The summed E-state index contributed by atoms with van der Waals surface area (Å²) in [6, 6.07) is 5.61. The van der Waals surface area contributed by atoms with E-state index >= 15 is 0 Å². The Labute approximate surface area is 116 Å². The molecule has 0 spiro atoms. The van der Waals surface area contributed by atoms with Crippen LogP contribution in [-0.2, 0) is 0 Å². The van der Waals surface area contributed by atoms with Crippen molar-refractivity contribution in [2.24, 2.45) is 0 Å². The summed E-state index contributed by atoms with van der Waals surface area (Å²) in [4.78, 5) is 13.9. The molecule has 1 aromatic rings. The van der Waals surface area contributed by atoms with Crippen molar-refractivity contribution < 1.29 is 4.79 Å². The number of rotatable bonds is 3. The van der Waals surface area contributed by atoms with Gasteiger partial charge in [0.25, 0.3) is 5.91 Å². The van der Waals surface area contributed by atoms with E-state index in [9.17, 15) is 4.79 Å². The predicted molar refractivity (Wildman–Crippen MR) is 75.8 cm³/mol. The summed E-state index contributed by atoms with van der Waals surface area (Å²) in [6.45, 7) is 5.88. The average Bonchev–Trinajstić information content (AvgIpc) is 2.30. The minimum Gasteiger partial charge on any atom is -0.335 e. The quantitative estimate of drug-likeness (QED) is 0.775. The number of carbonyl (C=O) groups is 1. The van der Waals surface area contributed by atoms with Gasteiger partial charge in [-0.2, -0.15) is 0 Å². The number of amides is 1. The second-order valence-corrected chi connectivity index (χ2v) is 5.90. The fourth-order valence-corrected chi connectivity index (χ4v) is 1.84. The largest absolute Gasteiger partial charge is 0.335 e. The minimum absolute atomic E-state index is 0.0173. The van der Waals surface area contributed by atoms with Crippen molar-refractivity contribution in [2.45, 2.75) is 26.3 Å². The number of carbonyl (C=O) groups excluding carboxylic acids is 1. The van der Waals surface area contributed by atoms with Gasteiger partial charge in [-0.25, -0.2) is 0 Å². The number of hydrogen-bond donors (Lipinski definition) is 0. The van der Waals surface area contributed by atoms with Gasteiger partial charge in [-0.1, -0.05) is 22.0 Å². The fraction of sp³-hybridized carbons (Fsp3) is 0.462. The third kappa shape index (κ3) is 3.23. The van der Waals surface area contributed by atoms with Crippen LogP contribution in [0, 0.1) is 6.92 Å². The molecule has 0 bridgehead atoms. The molecule has 0 heterocycles. The number of benzene rings is 1. The van der Waals surface area contributed by atoms with Crippen molar-refractivity contribution in [3.8, 4) is 0 Å². The van der Waals surface area contributed by atoms with Crippen molar-refractivity contribution in [3.05, 3.63) is 33.8 Å². The van der Waals surface area contributed by atoms with E-state index in [-0.39, 0.29) is 11.4 Å². The lowest BCUT2D eigenvalue weighted by molar-refractivity contribution is 0.0660. The zero-order chi connectivity index (χ0) is 13.2. The lowest BCUT2D eigenvalue weighted by Gasteiger charge is -2.34. The molecule has 94 valence electrons. The molecule has 0 radical (unpaired) electrons. The molecule has 1 rings (SSSR count). The third-order valence-corrected chi connectivity index (χ3v) is 4.47. The van der Waals surface area contributed by atoms with Gasteiger partial charge in [-0.3, -0.25) is 4.79 Å². The van der Waals surface area contributed by atoms with Crippen LogP contribution in [0.2, 0.25) is 0 Å². The molecule has 0 fully saturated rings. The van der Waals surface area contributed by atoms with E-state index in [1.807, 2.05) is 39.0 Å². The number of nitrogens with zero attached hydrogens (tertiary/aromatic N) is 1. The molecule has 0 aliphatic carbocycles. The van der Waals surface area contributed by atoms with Crippen molar-refractivity contribution in [1.29, 1.82) is 0 Å². The Hall–Kier alpha value is -0.540. The van der Waals surface area contributed by atoms with E-state index in [0.717, 1.165) is 10.0 Å². The van der Waals surface area contributed by atoms with E-state index in [4.69, 9.17) is 11.6 Å². The van der Waals surface area contributed by atoms with Crippen LogP contribution in [0.4, 0.5) is 0 Å². The summed E-state index contributed by atoms with van der Waals surface area (Å²) < 4.78 is 0.945. The van der Waals surface area contributed by atoms with Crippen molar-refractivity contribution in [1.82, 2.24) is 4.90 Å². The molecular formula is C13H17BrClNO. The first-order chi connectivity index (χ1) is 7.79. The Kier molecular flexibility index (Phi) is 4.62. The monoisotopic (exact) mass is 317 g/mol. The second kappa shape index (κ2) is 5.40. The van der Waals surface area contributed by atoms with Gasteiger partial charge in [-0.15, -0.1) is 11.6 Å². The smallest absolute Gasteiger partial charge is 0.254 e. The molecule has 0 saturated carbocycles. The molecule has 0 aromatic heterocycles. The SMILES string of the molecule is Cc1ccc(C(=O)N(C)C(C)(C)CCl)cc1Br. The highest BCUT2D eigenvalue weighted by molar-refractivity contribution is 9.10. The van der Waals surface area contributed by atoms with Gasteiger partial charge in [0.2, 0.25) is 0 Å². The van der Waals surface area contributed by atoms with Gasteiger partial charge in [0, 0.05) is 23.0 Å². The third-order valence-electron chi connectivity index (χ3n) is 2.96. The number of hydrogen-bond acceptors (Lipinski definition) is 1. The lowest BCUT2D eigenvalue weighted by Crippen LogP contribution is -2.46. The van der Waals surface area contributed by atoms with Crippen LogP contribution in [0.15, 0.2) is 22.7 Å². The highest BCUT2D eigenvalue weighted by Gasteiger charge is 2.27. The van der Waals surface area contributed by atoms with Crippen LogP contribution in [0.3, 0.4) is 0 Å². The Morgan fingerprint density at radius 1 is 1.47 bits per heavy atom. The van der Waals surface area contributed by atoms with Gasteiger partial charge >= 0.3 is 0 Å². The van der Waals surface area contributed by atoms with Crippen LogP contribution >= 0.6 is 27.5 Å². The Morgan fingerprint density at radius 3 is 2.53 bits per heavy atom. The fourth-order valence-electron chi connectivity index (χ4n) is 1.28. The zero-order valence-corrected chi connectivity index (χ0v) is 12.9. The molecule has 0 aliphatic heterocycles. The number of halogens is 2. The lowest BCUT2D eigenvalue weighted by atomic mass is 10.0. The van der Waals surface area contributed by atoms with E-state index < -0.39 is 0 Å². The molecule has 0 atom stereocenters. The maximum absolute atomic E-state index is 12.3. The molecule has 17 heavy (non-hydrogen) atoms. The highest BCUT2D eigenvalue weighted by atomic mass is 79.9. The van der Waals surface area contributed by atoms with Crippen molar-refractivity contribution >= 4 is 33.4 Å². The molecular weight excluding hydrogens is 302 g/mol. The zero-order valence-electron chi connectivity index (χ0n) is 10.6. The summed E-state index contributed by atoms with van der Waals surface area (Å²) in [7, 11) is 1.78. The summed E-state index contributed by atoms with van der Waals surface area (Å²) >= 11 is 9.31. The van der Waals surface area contributed by atoms with Gasteiger partial charge in [0.1, 0.15) is 0 Å². The average molecular weight is 319 g/mol. The molecule has 0 unspecified atom stereocenters. The molecule has 0 N–H and O–H groups in total. The topological polar surface area (TPSA) is 20.3 Å². The highest BCUT2D eigenvalue weighted by Crippen LogP contribution is 2.21. The van der Waals surface area contributed by atoms with Gasteiger partial charge in [0.05, 0.1) is 5.54 Å². The maximum atomic E-state index is 12.3. The molecule has 0 saturated heterocycles. The minimum atomic E-state index is -0.351. The van der Waals surface area contributed by atoms with E-state index in [1.54, 1.807) is 11.9 Å². The summed E-state index contributed by atoms with van der Waals surface area (Å²) in [5.74, 6) is 0.388. The maximum Gasteiger partial charge on any atom is 0.254 e. The van der Waals surface area contributed by atoms with Gasteiger partial charge in [0.15, 0.2) is 0 Å². The number of alkyl halides is 1. The van der Waals surface area contributed by atoms with Crippen LogP contribution in [0.5, 0.6) is 0 Å². The van der Waals surface area contributed by atoms with Crippen LogP contribution in [0.1, 0.15) is 29.8 Å². The summed E-state index contributed by atoms with van der Waals surface area (Å²) in [5.41, 5.74) is 1.43. The Bertz CT molecular complexity index is 431. The second-order valence-electron chi connectivity index (χ2n) is 4.77. The molecule has 4 heteroatoms. The van der Waals surface area contributed by atoms with E-state index in [0.29, 0.717) is 11.4 Å². The first-order valence-electron chi connectivity index (χ1n) is 5.40. The van der Waals surface area contributed by atoms with Crippen LogP contribution in [0.25, 0.3) is 0 Å². The van der Waals surface area contributed by atoms with Crippen molar-refractivity contribution in [3.63, 3.8) is 0 Å². The van der Waals surface area contributed by atoms with Gasteiger partial charge in [-0.05, 0) is 38.5 Å². The first-order valence-corrected chi connectivity index (χ1v) is 6.72. The van der Waals surface area contributed by atoms with Crippen molar-refractivity contribution in [2.75, 3.05) is 12.9 Å². The molecule has 1 amide bonds. The Balaban J connectivity index is 3.01. The molecule has 1 aromatic carbocycles. The predicted octanol–water partition coefficient (Wildman–Crippen LogP) is 3.85. The Morgan fingerprint density at radius 2 is 2.06 bits per heavy atom. The molecule has 0 aliphatic rings. The van der Waals surface area contributed by atoms with E-state index in [1.165, 1.54) is 0 Å². The number of aryl methyl sites for hydroxylation is 1. The normalized spacial score (nSPS) is 11.4. The van der Waals surface area contributed by atoms with E-state index in [2.05, 4.69) is 15.9 Å². The molecule has 2 nitrogen and oxygen atoms in total. The first kappa shape index (κ1) is 14.5. The standard InChI is InChI=1S/C13H17BrClNO/c1-9-5-6-10(7-11(9)14)12(17)16(4)13(2,3)8-15/h5-7H,8H2,1-4H3. The van der Waals surface area contributed by atoms with Crippen LogP contribution in [-0.4, -0.2) is 29.3 Å². The summed E-state index contributed by atoms with van der Waals surface area (Å²) in [6.07, 6.45) is 0. The van der Waals surface area contributed by atoms with Gasteiger partial charge < -0.3 is 4.90 Å².